The Morgan fingerprint density at radius 1 is 1.38 bits per heavy atom. The number of anilines is 1. The Balaban J connectivity index is 0.00000208. The van der Waals surface area contributed by atoms with E-state index in [9.17, 15) is 4.79 Å². The van der Waals surface area contributed by atoms with Gasteiger partial charge in [-0.2, -0.15) is 0 Å². The van der Waals surface area contributed by atoms with Crippen molar-refractivity contribution in [1.29, 1.82) is 0 Å². The van der Waals surface area contributed by atoms with Gasteiger partial charge in [0.2, 0.25) is 5.91 Å². The number of halogens is 1. The van der Waals surface area contributed by atoms with Crippen LogP contribution in [0.2, 0.25) is 0 Å². The lowest BCUT2D eigenvalue weighted by atomic mass is 10.2. The van der Waals surface area contributed by atoms with Gasteiger partial charge in [0, 0.05) is 32.4 Å². The topological polar surface area (TPSA) is 66.0 Å². The van der Waals surface area contributed by atoms with Crippen molar-refractivity contribution >= 4 is 41.5 Å². The number of carbonyl (C=O) groups is 1. The van der Waals surface area contributed by atoms with Crippen LogP contribution in [0.5, 0.6) is 0 Å². The fourth-order valence-corrected chi connectivity index (χ4v) is 3.09. The highest BCUT2D eigenvalue weighted by molar-refractivity contribution is 14.0. The molecule has 1 saturated heterocycles. The Hall–Kier alpha value is -1.35. The number of benzene rings is 1. The number of guanidine groups is 1. The number of para-hydroxylation sites is 1. The molecule has 0 saturated carbocycles. The van der Waals surface area contributed by atoms with Crippen LogP contribution in [0.3, 0.4) is 0 Å². The molecular formula is C17H25IN4O2. The lowest BCUT2D eigenvalue weighted by Crippen LogP contribution is -2.46. The smallest absolute Gasteiger partial charge is 0.246 e. The van der Waals surface area contributed by atoms with Gasteiger partial charge in [0.15, 0.2) is 5.96 Å². The summed E-state index contributed by atoms with van der Waals surface area (Å²) in [6, 6.07) is 8.07. The number of aliphatic imine (C=N–C) groups is 1. The van der Waals surface area contributed by atoms with Crippen LogP contribution in [0.25, 0.3) is 0 Å². The van der Waals surface area contributed by atoms with E-state index in [-0.39, 0.29) is 42.5 Å². The number of ether oxygens (including phenoxy) is 1. The molecule has 3 rings (SSSR count). The van der Waals surface area contributed by atoms with Crippen LogP contribution in [-0.2, 0) is 16.0 Å². The molecule has 1 aromatic carbocycles. The van der Waals surface area contributed by atoms with Gasteiger partial charge < -0.3 is 20.3 Å². The van der Waals surface area contributed by atoms with Gasteiger partial charge in [-0.1, -0.05) is 18.2 Å². The first-order valence-corrected chi connectivity index (χ1v) is 8.22. The van der Waals surface area contributed by atoms with E-state index in [2.05, 4.69) is 21.7 Å². The number of fused-ring (bicyclic) bond motifs is 1. The van der Waals surface area contributed by atoms with Crippen molar-refractivity contribution in [1.82, 2.24) is 10.6 Å². The van der Waals surface area contributed by atoms with Crippen molar-refractivity contribution in [2.45, 2.75) is 25.4 Å². The summed E-state index contributed by atoms with van der Waals surface area (Å²) in [7, 11) is 1.71. The first kappa shape index (κ1) is 19.0. The fraction of sp³-hybridized carbons (Fsp3) is 0.529. The lowest BCUT2D eigenvalue weighted by molar-refractivity contribution is -0.117. The van der Waals surface area contributed by atoms with Gasteiger partial charge >= 0.3 is 0 Å². The molecular weight excluding hydrogens is 419 g/mol. The van der Waals surface area contributed by atoms with E-state index in [0.717, 1.165) is 44.6 Å². The number of carbonyl (C=O) groups excluding carboxylic acids is 1. The first-order chi connectivity index (χ1) is 11.3. The molecule has 2 aliphatic rings. The molecule has 1 amide bonds. The standard InChI is InChI=1S/C17H24N4O2.HI/c1-18-17(19-11-14-6-4-10-23-14)20-12-16(22)21-9-8-13-5-2-3-7-15(13)21;/h2-3,5,7,14H,4,6,8-12H2,1H3,(H2,18,19,20);1H. The third kappa shape index (κ3) is 4.60. The quantitative estimate of drug-likeness (QED) is 0.420. The monoisotopic (exact) mass is 444 g/mol. The Bertz CT molecular complexity index is 588. The fourth-order valence-electron chi connectivity index (χ4n) is 3.09. The summed E-state index contributed by atoms with van der Waals surface area (Å²) in [5, 5.41) is 6.31. The summed E-state index contributed by atoms with van der Waals surface area (Å²) < 4.78 is 5.57. The van der Waals surface area contributed by atoms with E-state index in [4.69, 9.17) is 4.74 Å². The van der Waals surface area contributed by atoms with E-state index < -0.39 is 0 Å². The van der Waals surface area contributed by atoms with Crippen molar-refractivity contribution in [3.8, 4) is 0 Å². The average Bonchev–Trinajstić information content (AvgIpc) is 3.24. The van der Waals surface area contributed by atoms with Crippen LogP contribution >= 0.6 is 24.0 Å². The predicted octanol–water partition coefficient (Wildman–Crippen LogP) is 1.54. The molecule has 0 radical (unpaired) electrons. The second kappa shape index (κ2) is 9.22. The van der Waals surface area contributed by atoms with E-state index in [0.29, 0.717) is 5.96 Å². The Kier molecular flexibility index (Phi) is 7.29. The largest absolute Gasteiger partial charge is 0.376 e. The van der Waals surface area contributed by atoms with Crippen LogP contribution in [0.15, 0.2) is 29.3 Å². The first-order valence-electron chi connectivity index (χ1n) is 8.22. The third-order valence-electron chi connectivity index (χ3n) is 4.34. The van der Waals surface area contributed by atoms with Crippen molar-refractivity contribution in [2.24, 2.45) is 4.99 Å². The Labute approximate surface area is 160 Å². The molecule has 0 bridgehead atoms. The average molecular weight is 444 g/mol. The molecule has 132 valence electrons. The molecule has 7 heteroatoms. The summed E-state index contributed by atoms with van der Waals surface area (Å²) in [5.41, 5.74) is 2.27. The van der Waals surface area contributed by atoms with E-state index >= 15 is 0 Å². The maximum atomic E-state index is 12.4. The number of hydrogen-bond donors (Lipinski definition) is 2. The zero-order chi connectivity index (χ0) is 16.1. The third-order valence-corrected chi connectivity index (χ3v) is 4.34. The van der Waals surface area contributed by atoms with Crippen molar-refractivity contribution in [3.63, 3.8) is 0 Å². The highest BCUT2D eigenvalue weighted by Crippen LogP contribution is 2.27. The minimum Gasteiger partial charge on any atom is -0.376 e. The van der Waals surface area contributed by atoms with Gasteiger partial charge in [0.05, 0.1) is 12.6 Å². The summed E-state index contributed by atoms with van der Waals surface area (Å²) in [6.07, 6.45) is 3.36. The minimum atomic E-state index is 0. The molecule has 0 aliphatic carbocycles. The molecule has 2 aliphatic heterocycles. The van der Waals surface area contributed by atoms with Crippen LogP contribution in [0.4, 0.5) is 5.69 Å². The molecule has 6 nitrogen and oxygen atoms in total. The molecule has 1 atom stereocenters. The molecule has 0 aromatic heterocycles. The molecule has 1 aromatic rings. The van der Waals surface area contributed by atoms with Crippen LogP contribution in [0.1, 0.15) is 18.4 Å². The van der Waals surface area contributed by atoms with Gasteiger partial charge in [0.1, 0.15) is 0 Å². The second-order valence-corrected chi connectivity index (χ2v) is 5.87. The minimum absolute atomic E-state index is 0. The number of rotatable bonds is 4. The highest BCUT2D eigenvalue weighted by Gasteiger charge is 2.24. The predicted molar refractivity (Wildman–Crippen MR) is 106 cm³/mol. The summed E-state index contributed by atoms with van der Waals surface area (Å²) in [5.74, 6) is 0.705. The molecule has 24 heavy (non-hydrogen) atoms. The number of hydrogen-bond acceptors (Lipinski definition) is 3. The maximum absolute atomic E-state index is 12.4. The van der Waals surface area contributed by atoms with E-state index in [1.807, 2.05) is 23.1 Å². The van der Waals surface area contributed by atoms with Crippen LogP contribution in [-0.4, -0.2) is 51.3 Å². The number of nitrogens with one attached hydrogen (secondary N) is 2. The van der Waals surface area contributed by atoms with E-state index in [1.165, 1.54) is 5.56 Å². The summed E-state index contributed by atoms with van der Waals surface area (Å²) >= 11 is 0. The molecule has 0 spiro atoms. The van der Waals surface area contributed by atoms with Crippen molar-refractivity contribution in [3.05, 3.63) is 29.8 Å². The zero-order valence-corrected chi connectivity index (χ0v) is 16.3. The highest BCUT2D eigenvalue weighted by atomic mass is 127. The van der Waals surface area contributed by atoms with Crippen molar-refractivity contribution < 1.29 is 9.53 Å². The zero-order valence-electron chi connectivity index (χ0n) is 14.0. The normalized spacial score (nSPS) is 19.6. The second-order valence-electron chi connectivity index (χ2n) is 5.87. The Morgan fingerprint density at radius 3 is 2.96 bits per heavy atom. The number of amides is 1. The van der Waals surface area contributed by atoms with Gasteiger partial charge in [-0.25, -0.2) is 0 Å². The summed E-state index contributed by atoms with van der Waals surface area (Å²) in [4.78, 5) is 18.4. The van der Waals surface area contributed by atoms with Crippen LogP contribution in [0, 0.1) is 0 Å². The number of nitrogens with zero attached hydrogens (tertiary/aromatic N) is 2. The van der Waals surface area contributed by atoms with E-state index in [1.54, 1.807) is 7.05 Å². The molecule has 1 unspecified atom stereocenters. The van der Waals surface area contributed by atoms with Crippen molar-refractivity contribution in [2.75, 3.05) is 38.2 Å². The molecule has 2 N–H and O–H groups in total. The SMILES string of the molecule is CN=C(NCC(=O)N1CCc2ccccc21)NCC1CCCO1.I. The van der Waals surface area contributed by atoms with Crippen LogP contribution < -0.4 is 15.5 Å². The van der Waals surface area contributed by atoms with Gasteiger partial charge in [-0.05, 0) is 30.9 Å². The molecule has 2 heterocycles. The maximum Gasteiger partial charge on any atom is 0.246 e. The van der Waals surface area contributed by atoms with Gasteiger partial charge in [-0.3, -0.25) is 9.79 Å². The van der Waals surface area contributed by atoms with Gasteiger partial charge in [0.25, 0.3) is 0 Å². The lowest BCUT2D eigenvalue weighted by Gasteiger charge is -2.19. The van der Waals surface area contributed by atoms with Gasteiger partial charge in [-0.15, -0.1) is 24.0 Å². The molecule has 1 fully saturated rings. The Morgan fingerprint density at radius 2 is 2.21 bits per heavy atom. The summed E-state index contributed by atoms with van der Waals surface area (Å²) in [6.45, 7) is 2.55.